The number of nitrogens with one attached hydrogen (secondary N) is 1. The average molecular weight is 278 g/mol. The fourth-order valence-electron chi connectivity index (χ4n) is 1.41. The number of rotatable bonds is 3. The predicted octanol–water partition coefficient (Wildman–Crippen LogP) is 4.20. The summed E-state index contributed by atoms with van der Waals surface area (Å²) in [5.41, 5.74) is 2.10. The van der Waals surface area contributed by atoms with Crippen molar-refractivity contribution in [2.75, 3.05) is 12.4 Å². The van der Waals surface area contributed by atoms with Crippen molar-refractivity contribution in [3.8, 4) is 5.75 Å². The number of hydrogen-bond acceptors (Lipinski definition) is 2. The zero-order valence-electron chi connectivity index (χ0n) is 8.91. The van der Waals surface area contributed by atoms with Crippen LogP contribution in [0.4, 0.5) is 11.4 Å². The van der Waals surface area contributed by atoms with Crippen molar-refractivity contribution in [2.45, 2.75) is 0 Å². The van der Waals surface area contributed by atoms with E-state index in [1.165, 1.54) is 0 Å². The summed E-state index contributed by atoms with van der Waals surface area (Å²) >= 11 is 3.44. The summed E-state index contributed by atoms with van der Waals surface area (Å²) in [7, 11) is 1.66. The fraction of sp³-hybridized carbons (Fsp3) is 0.0769. The minimum Gasteiger partial charge on any atom is -0.497 e. The van der Waals surface area contributed by atoms with E-state index in [0.29, 0.717) is 0 Å². The van der Waals surface area contributed by atoms with Crippen molar-refractivity contribution in [3.05, 3.63) is 53.0 Å². The summed E-state index contributed by atoms with van der Waals surface area (Å²) < 4.78 is 6.16. The molecule has 2 nitrogen and oxygen atoms in total. The van der Waals surface area contributed by atoms with Crippen LogP contribution in [0.1, 0.15) is 0 Å². The van der Waals surface area contributed by atoms with Crippen molar-refractivity contribution in [1.29, 1.82) is 0 Å². The van der Waals surface area contributed by atoms with Gasteiger partial charge in [0, 0.05) is 15.8 Å². The highest BCUT2D eigenvalue weighted by Crippen LogP contribution is 2.22. The van der Waals surface area contributed by atoms with E-state index in [0.717, 1.165) is 21.6 Å². The van der Waals surface area contributed by atoms with Crippen LogP contribution in [0, 0.1) is 0 Å². The number of methoxy groups -OCH3 is 1. The molecular formula is C13H12BrNO. The summed E-state index contributed by atoms with van der Waals surface area (Å²) in [6.07, 6.45) is 0. The second-order valence-corrected chi connectivity index (χ2v) is 4.28. The van der Waals surface area contributed by atoms with E-state index >= 15 is 0 Å². The molecule has 0 aromatic heterocycles. The van der Waals surface area contributed by atoms with E-state index in [9.17, 15) is 0 Å². The van der Waals surface area contributed by atoms with Gasteiger partial charge < -0.3 is 10.1 Å². The van der Waals surface area contributed by atoms with Crippen molar-refractivity contribution in [2.24, 2.45) is 0 Å². The second kappa shape index (κ2) is 5.03. The third kappa shape index (κ3) is 2.76. The highest BCUT2D eigenvalue weighted by molar-refractivity contribution is 9.10. The zero-order valence-corrected chi connectivity index (χ0v) is 10.5. The monoisotopic (exact) mass is 277 g/mol. The number of hydrogen-bond donors (Lipinski definition) is 1. The van der Waals surface area contributed by atoms with Gasteiger partial charge in [0.1, 0.15) is 5.75 Å². The maximum Gasteiger partial charge on any atom is 0.119 e. The molecule has 0 aliphatic rings. The van der Waals surface area contributed by atoms with E-state index in [4.69, 9.17) is 4.74 Å². The van der Waals surface area contributed by atoms with Crippen LogP contribution in [0.2, 0.25) is 0 Å². The standard InChI is InChI=1S/C13H12BrNO/c1-16-13-7-5-11(6-8-13)15-12-4-2-3-10(14)9-12/h2-9,15H,1H3. The topological polar surface area (TPSA) is 21.3 Å². The highest BCUT2D eigenvalue weighted by atomic mass is 79.9. The molecule has 16 heavy (non-hydrogen) atoms. The molecule has 2 aromatic carbocycles. The van der Waals surface area contributed by atoms with Crippen LogP contribution in [0.3, 0.4) is 0 Å². The lowest BCUT2D eigenvalue weighted by atomic mass is 10.2. The number of anilines is 2. The minimum absolute atomic E-state index is 0.861. The van der Waals surface area contributed by atoms with Gasteiger partial charge in [-0.2, -0.15) is 0 Å². The summed E-state index contributed by atoms with van der Waals surface area (Å²) in [4.78, 5) is 0. The van der Waals surface area contributed by atoms with Crippen LogP contribution < -0.4 is 10.1 Å². The van der Waals surface area contributed by atoms with E-state index in [2.05, 4.69) is 21.2 Å². The third-order valence-corrected chi connectivity index (χ3v) is 2.70. The normalized spacial score (nSPS) is 9.88. The number of ether oxygens (including phenoxy) is 1. The molecule has 0 bridgehead atoms. The molecule has 0 radical (unpaired) electrons. The molecular weight excluding hydrogens is 266 g/mol. The molecule has 0 fully saturated rings. The van der Waals surface area contributed by atoms with Crippen molar-refractivity contribution >= 4 is 27.3 Å². The Bertz CT molecular complexity index is 468. The molecule has 0 aliphatic carbocycles. The first-order valence-electron chi connectivity index (χ1n) is 4.94. The van der Waals surface area contributed by atoms with Gasteiger partial charge in [0.25, 0.3) is 0 Å². The van der Waals surface area contributed by atoms with Gasteiger partial charge in [-0.15, -0.1) is 0 Å². The quantitative estimate of drug-likeness (QED) is 0.908. The number of halogens is 1. The molecule has 0 heterocycles. The molecule has 0 saturated carbocycles. The predicted molar refractivity (Wildman–Crippen MR) is 70.4 cm³/mol. The second-order valence-electron chi connectivity index (χ2n) is 3.36. The van der Waals surface area contributed by atoms with Gasteiger partial charge in [0.15, 0.2) is 0 Å². The van der Waals surface area contributed by atoms with Crippen LogP contribution >= 0.6 is 15.9 Å². The van der Waals surface area contributed by atoms with Crippen molar-refractivity contribution < 1.29 is 4.74 Å². The van der Waals surface area contributed by atoms with Crippen LogP contribution in [-0.4, -0.2) is 7.11 Å². The lowest BCUT2D eigenvalue weighted by molar-refractivity contribution is 0.415. The number of benzene rings is 2. The van der Waals surface area contributed by atoms with Crippen molar-refractivity contribution in [3.63, 3.8) is 0 Å². The molecule has 0 unspecified atom stereocenters. The average Bonchev–Trinajstić information content (AvgIpc) is 2.30. The Morgan fingerprint density at radius 1 is 1.00 bits per heavy atom. The molecule has 2 rings (SSSR count). The largest absolute Gasteiger partial charge is 0.497 e. The van der Waals surface area contributed by atoms with Gasteiger partial charge in [-0.25, -0.2) is 0 Å². The molecule has 0 saturated heterocycles. The van der Waals surface area contributed by atoms with Gasteiger partial charge >= 0.3 is 0 Å². The fourth-order valence-corrected chi connectivity index (χ4v) is 1.81. The molecule has 0 aliphatic heterocycles. The minimum atomic E-state index is 0.861. The highest BCUT2D eigenvalue weighted by Gasteiger charge is 1.96. The zero-order chi connectivity index (χ0) is 11.4. The molecule has 2 aromatic rings. The summed E-state index contributed by atoms with van der Waals surface area (Å²) in [6.45, 7) is 0. The lowest BCUT2D eigenvalue weighted by Gasteiger charge is -2.07. The van der Waals surface area contributed by atoms with Gasteiger partial charge in [0.2, 0.25) is 0 Å². The maximum absolute atomic E-state index is 5.10. The van der Waals surface area contributed by atoms with Gasteiger partial charge in [-0.1, -0.05) is 22.0 Å². The van der Waals surface area contributed by atoms with E-state index in [1.54, 1.807) is 7.11 Å². The molecule has 0 atom stereocenters. The molecule has 82 valence electrons. The Balaban J connectivity index is 2.14. The SMILES string of the molecule is COc1ccc(Nc2cccc(Br)c2)cc1. The Hall–Kier alpha value is -1.48. The molecule has 3 heteroatoms. The Kier molecular flexibility index (Phi) is 3.47. The van der Waals surface area contributed by atoms with Gasteiger partial charge in [0.05, 0.1) is 7.11 Å². The van der Waals surface area contributed by atoms with E-state index < -0.39 is 0 Å². The van der Waals surface area contributed by atoms with Crippen LogP contribution in [0.25, 0.3) is 0 Å². The summed E-state index contributed by atoms with van der Waals surface area (Å²) in [6, 6.07) is 15.9. The lowest BCUT2D eigenvalue weighted by Crippen LogP contribution is -1.90. The molecule has 0 amide bonds. The third-order valence-electron chi connectivity index (χ3n) is 2.20. The Labute approximate surface area is 103 Å². The van der Waals surface area contributed by atoms with Crippen LogP contribution in [0.5, 0.6) is 5.75 Å². The van der Waals surface area contributed by atoms with Crippen molar-refractivity contribution in [1.82, 2.24) is 0 Å². The van der Waals surface area contributed by atoms with E-state index in [1.807, 2.05) is 48.5 Å². The van der Waals surface area contributed by atoms with E-state index in [-0.39, 0.29) is 0 Å². The summed E-state index contributed by atoms with van der Waals surface area (Å²) in [5.74, 6) is 0.861. The maximum atomic E-state index is 5.10. The first-order chi connectivity index (χ1) is 7.78. The first kappa shape index (κ1) is 11.0. The first-order valence-corrected chi connectivity index (χ1v) is 5.74. The Morgan fingerprint density at radius 3 is 2.38 bits per heavy atom. The molecule has 1 N–H and O–H groups in total. The summed E-state index contributed by atoms with van der Waals surface area (Å²) in [5, 5.41) is 3.31. The van der Waals surface area contributed by atoms with Crippen LogP contribution in [-0.2, 0) is 0 Å². The van der Waals surface area contributed by atoms with Gasteiger partial charge in [-0.3, -0.25) is 0 Å². The van der Waals surface area contributed by atoms with Crippen LogP contribution in [0.15, 0.2) is 53.0 Å². The van der Waals surface area contributed by atoms with Gasteiger partial charge in [-0.05, 0) is 42.5 Å². The Morgan fingerprint density at radius 2 is 1.75 bits per heavy atom. The molecule has 0 spiro atoms. The smallest absolute Gasteiger partial charge is 0.119 e.